The third-order valence-electron chi connectivity index (χ3n) is 11.3. The minimum absolute atomic E-state index is 0.0213. The van der Waals surface area contributed by atoms with Crippen LogP contribution in [0.1, 0.15) is 124 Å². The Kier molecular flexibility index (Phi) is 11.9. The third-order valence-corrected chi connectivity index (χ3v) is 11.3. The van der Waals surface area contributed by atoms with Crippen LogP contribution in [0.4, 0.5) is 0 Å². The van der Waals surface area contributed by atoms with Crippen LogP contribution in [0.3, 0.4) is 0 Å². The lowest BCUT2D eigenvalue weighted by Crippen LogP contribution is -2.38. The molecule has 0 unspecified atom stereocenters. The number of benzene rings is 4. The van der Waals surface area contributed by atoms with Gasteiger partial charge in [0.05, 0.1) is 0 Å². The van der Waals surface area contributed by atoms with E-state index in [4.69, 9.17) is 0 Å². The van der Waals surface area contributed by atoms with E-state index in [2.05, 4.69) is 67.6 Å². The molecule has 0 spiro atoms. The van der Waals surface area contributed by atoms with Crippen LogP contribution in [0.5, 0.6) is 17.2 Å². The van der Waals surface area contributed by atoms with Crippen molar-refractivity contribution >= 4 is 0 Å². The van der Waals surface area contributed by atoms with E-state index in [1.165, 1.54) is 53.5 Å². The summed E-state index contributed by atoms with van der Waals surface area (Å²) in [5.74, 6) is 2.46. The fourth-order valence-corrected chi connectivity index (χ4v) is 8.50. The van der Waals surface area contributed by atoms with E-state index in [-0.39, 0.29) is 10.8 Å². The highest BCUT2D eigenvalue weighted by Gasteiger charge is 2.44. The van der Waals surface area contributed by atoms with E-state index in [9.17, 15) is 15.3 Å². The van der Waals surface area contributed by atoms with Crippen LogP contribution >= 0.6 is 0 Å². The molecule has 252 valence electrons. The molecule has 3 N–H and O–H groups in total. The number of aromatic hydroxyl groups is 3. The molecule has 0 atom stereocenters. The number of aryl methyl sites for hydroxylation is 4. The lowest BCUT2D eigenvalue weighted by Gasteiger charge is -2.47. The first-order valence-corrected chi connectivity index (χ1v) is 18.1. The Morgan fingerprint density at radius 2 is 0.766 bits per heavy atom. The zero-order valence-electron chi connectivity index (χ0n) is 30.2. The van der Waals surface area contributed by atoms with Crippen LogP contribution in [0.25, 0.3) is 0 Å². The SMILES string of the molecule is CC.CC.Cc1cccc(C2(c3ccc(O)c(C)c3)CCC(C3CCC(c4ccc(O)c(C)c4)(c4ccc(O)c(C)c4)CC3)CC2)c1. The van der Waals surface area contributed by atoms with Crippen molar-refractivity contribution in [1.82, 2.24) is 0 Å². The second-order valence-electron chi connectivity index (χ2n) is 13.7. The molecule has 0 aromatic heterocycles. The van der Waals surface area contributed by atoms with Crippen LogP contribution in [-0.4, -0.2) is 15.3 Å². The highest BCUT2D eigenvalue weighted by atomic mass is 16.3. The van der Waals surface area contributed by atoms with Crippen LogP contribution < -0.4 is 0 Å². The van der Waals surface area contributed by atoms with Crippen molar-refractivity contribution in [2.45, 2.75) is 118 Å². The minimum Gasteiger partial charge on any atom is -0.508 e. The molecular weight excluding hydrogens is 576 g/mol. The Morgan fingerprint density at radius 1 is 0.447 bits per heavy atom. The average Bonchev–Trinajstić information content (AvgIpc) is 3.10. The molecule has 3 nitrogen and oxygen atoms in total. The van der Waals surface area contributed by atoms with Gasteiger partial charge in [-0.25, -0.2) is 0 Å². The Bertz CT molecular complexity index is 1560. The summed E-state index contributed by atoms with van der Waals surface area (Å²) < 4.78 is 0. The molecule has 2 aliphatic carbocycles. The minimum atomic E-state index is -0.114. The summed E-state index contributed by atoms with van der Waals surface area (Å²) in [7, 11) is 0. The van der Waals surface area contributed by atoms with Crippen LogP contribution in [0.2, 0.25) is 0 Å². The lowest BCUT2D eigenvalue weighted by molar-refractivity contribution is 0.140. The summed E-state index contributed by atoms with van der Waals surface area (Å²) in [5.41, 5.74) is 9.23. The maximum absolute atomic E-state index is 10.3. The van der Waals surface area contributed by atoms with Gasteiger partial charge in [-0.1, -0.05) is 93.9 Å². The normalized spacial score (nSPS) is 20.7. The second kappa shape index (κ2) is 15.5. The average molecular weight is 635 g/mol. The smallest absolute Gasteiger partial charge is 0.118 e. The van der Waals surface area contributed by atoms with Gasteiger partial charge in [-0.3, -0.25) is 0 Å². The Labute approximate surface area is 284 Å². The van der Waals surface area contributed by atoms with Gasteiger partial charge in [0.15, 0.2) is 0 Å². The number of hydrogen-bond acceptors (Lipinski definition) is 3. The van der Waals surface area contributed by atoms with Crippen LogP contribution in [0, 0.1) is 39.5 Å². The molecule has 2 fully saturated rings. The fourth-order valence-electron chi connectivity index (χ4n) is 8.50. The van der Waals surface area contributed by atoms with Gasteiger partial charge in [-0.15, -0.1) is 0 Å². The summed E-state index contributed by atoms with van der Waals surface area (Å²) in [6, 6.07) is 27.6. The summed E-state index contributed by atoms with van der Waals surface area (Å²) in [6.07, 6.45) is 9.18. The molecular formula is C44H58O3. The van der Waals surface area contributed by atoms with E-state index in [0.29, 0.717) is 29.1 Å². The van der Waals surface area contributed by atoms with Crippen molar-refractivity contribution in [2.75, 3.05) is 0 Å². The summed E-state index contributed by atoms with van der Waals surface area (Å²) >= 11 is 0. The number of phenolic OH excluding ortho intramolecular Hbond substituents is 3. The Morgan fingerprint density at radius 3 is 1.06 bits per heavy atom. The summed E-state index contributed by atoms with van der Waals surface area (Å²) in [5, 5.41) is 30.9. The maximum Gasteiger partial charge on any atom is 0.118 e. The second-order valence-corrected chi connectivity index (χ2v) is 13.7. The van der Waals surface area contributed by atoms with Crippen LogP contribution in [0.15, 0.2) is 78.9 Å². The van der Waals surface area contributed by atoms with Gasteiger partial charge in [-0.05, 0) is 148 Å². The zero-order chi connectivity index (χ0) is 34.4. The topological polar surface area (TPSA) is 60.7 Å². The highest BCUT2D eigenvalue weighted by molar-refractivity contribution is 5.49. The van der Waals surface area contributed by atoms with Gasteiger partial charge in [0.2, 0.25) is 0 Å². The fraction of sp³-hybridized carbons (Fsp3) is 0.455. The largest absolute Gasteiger partial charge is 0.508 e. The first-order valence-electron chi connectivity index (χ1n) is 18.1. The monoisotopic (exact) mass is 634 g/mol. The Hall–Kier alpha value is -3.72. The number of rotatable bonds is 5. The van der Waals surface area contributed by atoms with E-state index < -0.39 is 0 Å². The molecule has 0 amide bonds. The molecule has 4 aromatic rings. The maximum atomic E-state index is 10.3. The molecule has 0 bridgehead atoms. The predicted octanol–water partition coefficient (Wildman–Crippen LogP) is 11.7. The number of hydrogen-bond donors (Lipinski definition) is 3. The molecule has 6 rings (SSSR count). The molecule has 0 aliphatic heterocycles. The first-order chi connectivity index (χ1) is 22.6. The summed E-state index contributed by atoms with van der Waals surface area (Å²) in [6.45, 7) is 16.2. The predicted molar refractivity (Wildman–Crippen MR) is 198 cm³/mol. The van der Waals surface area contributed by atoms with Gasteiger partial charge in [0, 0.05) is 10.8 Å². The van der Waals surface area contributed by atoms with E-state index in [1.54, 1.807) is 0 Å². The third kappa shape index (κ3) is 7.25. The van der Waals surface area contributed by atoms with Crippen molar-refractivity contribution in [3.63, 3.8) is 0 Å². The van der Waals surface area contributed by atoms with Crippen LogP contribution in [-0.2, 0) is 10.8 Å². The standard InChI is InChI=1S/C40H46O3.2C2H6/c1-26-6-5-7-32(22-26)39(33-8-11-36(41)27(2)23-33)18-14-30(15-19-39)31-16-20-40(21-17-31,34-9-12-37(42)28(3)24-34)35-10-13-38(43)29(4)25-35;2*1-2/h5-13,22-25,30-31,41-43H,14-21H2,1-4H3;2*1-2H3. The van der Waals surface area contributed by atoms with Gasteiger partial charge < -0.3 is 15.3 Å². The number of phenols is 3. The first kappa shape index (κ1) is 36.1. The molecule has 47 heavy (non-hydrogen) atoms. The van der Waals surface area contributed by atoms with Crippen molar-refractivity contribution in [2.24, 2.45) is 11.8 Å². The quantitative estimate of drug-likeness (QED) is 0.205. The molecule has 0 saturated heterocycles. The molecule has 0 heterocycles. The molecule has 2 saturated carbocycles. The van der Waals surface area contributed by atoms with Gasteiger partial charge in [0.25, 0.3) is 0 Å². The molecule has 2 aliphatic rings. The van der Waals surface area contributed by atoms with E-state index in [1.807, 2.05) is 66.7 Å². The molecule has 0 radical (unpaired) electrons. The van der Waals surface area contributed by atoms with E-state index >= 15 is 0 Å². The van der Waals surface area contributed by atoms with Crippen molar-refractivity contribution < 1.29 is 15.3 Å². The highest BCUT2D eigenvalue weighted by Crippen LogP contribution is 2.54. The Balaban J connectivity index is 0.00000120. The van der Waals surface area contributed by atoms with Crippen molar-refractivity contribution in [1.29, 1.82) is 0 Å². The zero-order valence-corrected chi connectivity index (χ0v) is 30.2. The van der Waals surface area contributed by atoms with Crippen molar-refractivity contribution in [3.05, 3.63) is 123 Å². The van der Waals surface area contributed by atoms with Crippen molar-refractivity contribution in [3.8, 4) is 17.2 Å². The molecule has 3 heteroatoms. The summed E-state index contributed by atoms with van der Waals surface area (Å²) in [4.78, 5) is 0. The van der Waals surface area contributed by atoms with Gasteiger partial charge in [0.1, 0.15) is 17.2 Å². The molecule has 4 aromatic carbocycles. The lowest BCUT2D eigenvalue weighted by atomic mass is 9.57. The van der Waals surface area contributed by atoms with E-state index in [0.717, 1.165) is 42.4 Å². The van der Waals surface area contributed by atoms with Gasteiger partial charge >= 0.3 is 0 Å². The van der Waals surface area contributed by atoms with Gasteiger partial charge in [-0.2, -0.15) is 0 Å².